The molecule has 0 aliphatic carbocycles. The average molecular weight is 236 g/mol. The fourth-order valence-corrected chi connectivity index (χ4v) is 2.43. The van der Waals surface area contributed by atoms with Gasteiger partial charge in [0.05, 0.1) is 6.10 Å². The van der Waals surface area contributed by atoms with Gasteiger partial charge in [-0.25, -0.2) is 4.39 Å². The predicted molar refractivity (Wildman–Crippen MR) is 64.1 cm³/mol. The van der Waals surface area contributed by atoms with Crippen molar-refractivity contribution in [3.8, 4) is 0 Å². The number of hydrogen-bond acceptors (Lipinski definition) is 2. The molecule has 1 heterocycles. The Morgan fingerprint density at radius 1 is 1.12 bits per heavy atom. The molecule has 1 aromatic heterocycles. The number of thiophene rings is 1. The highest BCUT2D eigenvalue weighted by atomic mass is 32.1. The van der Waals surface area contributed by atoms with Gasteiger partial charge in [0.15, 0.2) is 0 Å². The number of rotatable bonds is 4. The van der Waals surface area contributed by atoms with Gasteiger partial charge in [0.1, 0.15) is 5.82 Å². The highest BCUT2D eigenvalue weighted by molar-refractivity contribution is 7.09. The topological polar surface area (TPSA) is 20.2 Å². The number of benzene rings is 1. The minimum absolute atomic E-state index is 0.243. The Labute approximate surface area is 98.2 Å². The normalized spacial score (nSPS) is 12.6. The Hall–Kier alpha value is -1.19. The molecule has 0 aliphatic rings. The van der Waals surface area contributed by atoms with Crippen LogP contribution in [0.4, 0.5) is 4.39 Å². The third-order valence-electron chi connectivity index (χ3n) is 2.43. The maximum Gasteiger partial charge on any atom is 0.126 e. The lowest BCUT2D eigenvalue weighted by atomic mass is 10.0. The molecule has 0 saturated heterocycles. The first-order chi connectivity index (χ1) is 7.75. The number of hydrogen-bond donors (Lipinski definition) is 1. The van der Waals surface area contributed by atoms with Crippen LogP contribution in [-0.2, 0) is 12.8 Å². The zero-order valence-corrected chi connectivity index (χ0v) is 9.58. The van der Waals surface area contributed by atoms with E-state index in [1.54, 1.807) is 29.5 Å². The van der Waals surface area contributed by atoms with Crippen molar-refractivity contribution in [2.45, 2.75) is 18.9 Å². The van der Waals surface area contributed by atoms with E-state index in [0.717, 1.165) is 4.88 Å². The lowest BCUT2D eigenvalue weighted by Gasteiger charge is -2.09. The van der Waals surface area contributed by atoms with Crippen LogP contribution in [0.3, 0.4) is 0 Å². The third kappa shape index (κ3) is 2.90. The Kier molecular flexibility index (Phi) is 3.70. The number of halogens is 1. The highest BCUT2D eigenvalue weighted by Gasteiger charge is 2.10. The Morgan fingerprint density at radius 2 is 1.94 bits per heavy atom. The van der Waals surface area contributed by atoms with Gasteiger partial charge < -0.3 is 5.11 Å². The van der Waals surface area contributed by atoms with Crippen molar-refractivity contribution >= 4 is 11.3 Å². The van der Waals surface area contributed by atoms with Gasteiger partial charge in [-0.3, -0.25) is 0 Å². The zero-order valence-electron chi connectivity index (χ0n) is 8.77. The standard InChI is InChI=1S/C13H13FOS/c14-13-6-2-1-4-10(13)8-11(15)9-12-5-3-7-16-12/h1-7,11,15H,8-9H2. The van der Waals surface area contributed by atoms with E-state index < -0.39 is 6.10 Å². The minimum atomic E-state index is -0.518. The highest BCUT2D eigenvalue weighted by Crippen LogP contribution is 2.15. The van der Waals surface area contributed by atoms with Gasteiger partial charge in [0.2, 0.25) is 0 Å². The van der Waals surface area contributed by atoms with Crippen LogP contribution in [0, 0.1) is 5.82 Å². The van der Waals surface area contributed by atoms with Gasteiger partial charge in [-0.2, -0.15) is 0 Å². The van der Waals surface area contributed by atoms with E-state index >= 15 is 0 Å². The molecule has 0 spiro atoms. The monoisotopic (exact) mass is 236 g/mol. The fraction of sp³-hybridized carbons (Fsp3) is 0.231. The SMILES string of the molecule is OC(Cc1cccs1)Cc1ccccc1F. The lowest BCUT2D eigenvalue weighted by Crippen LogP contribution is -2.14. The molecule has 1 atom stereocenters. The molecule has 1 nitrogen and oxygen atoms in total. The van der Waals surface area contributed by atoms with E-state index in [9.17, 15) is 9.50 Å². The molecular formula is C13H13FOS. The molecule has 1 N–H and O–H groups in total. The summed E-state index contributed by atoms with van der Waals surface area (Å²) < 4.78 is 13.3. The van der Waals surface area contributed by atoms with Gasteiger partial charge in [0.25, 0.3) is 0 Å². The summed E-state index contributed by atoms with van der Waals surface area (Å²) in [5.74, 6) is -0.243. The van der Waals surface area contributed by atoms with Crippen LogP contribution in [-0.4, -0.2) is 11.2 Å². The third-order valence-corrected chi connectivity index (χ3v) is 3.33. The first kappa shape index (κ1) is 11.3. The molecule has 16 heavy (non-hydrogen) atoms. The summed E-state index contributed by atoms with van der Waals surface area (Å²) in [5.41, 5.74) is 0.576. The maximum absolute atomic E-state index is 13.3. The largest absolute Gasteiger partial charge is 0.392 e. The second-order valence-corrected chi connectivity index (χ2v) is 4.77. The quantitative estimate of drug-likeness (QED) is 0.865. The molecule has 0 saturated carbocycles. The van der Waals surface area contributed by atoms with E-state index in [-0.39, 0.29) is 5.82 Å². The van der Waals surface area contributed by atoms with Crippen molar-refractivity contribution in [3.63, 3.8) is 0 Å². The second-order valence-electron chi connectivity index (χ2n) is 3.73. The molecule has 1 unspecified atom stereocenters. The first-order valence-corrected chi connectivity index (χ1v) is 6.07. The van der Waals surface area contributed by atoms with E-state index in [0.29, 0.717) is 18.4 Å². The summed E-state index contributed by atoms with van der Waals surface area (Å²) in [6, 6.07) is 10.5. The van der Waals surface area contributed by atoms with Crippen LogP contribution in [0.25, 0.3) is 0 Å². The van der Waals surface area contributed by atoms with Crippen LogP contribution in [0.2, 0.25) is 0 Å². The summed E-state index contributed by atoms with van der Waals surface area (Å²) in [7, 11) is 0. The van der Waals surface area contributed by atoms with Crippen molar-refractivity contribution < 1.29 is 9.50 Å². The van der Waals surface area contributed by atoms with Gasteiger partial charge in [-0.05, 0) is 23.1 Å². The molecule has 1 aromatic carbocycles. The van der Waals surface area contributed by atoms with Crippen LogP contribution in [0.1, 0.15) is 10.4 Å². The molecular weight excluding hydrogens is 223 g/mol. The lowest BCUT2D eigenvalue weighted by molar-refractivity contribution is 0.175. The van der Waals surface area contributed by atoms with Crippen molar-refractivity contribution in [2.75, 3.05) is 0 Å². The molecule has 0 radical (unpaired) electrons. The van der Waals surface area contributed by atoms with Crippen molar-refractivity contribution in [2.24, 2.45) is 0 Å². The number of aliphatic hydroxyl groups is 1. The van der Waals surface area contributed by atoms with Crippen molar-refractivity contribution in [1.82, 2.24) is 0 Å². The Balaban J connectivity index is 1.97. The second kappa shape index (κ2) is 5.23. The van der Waals surface area contributed by atoms with Crippen LogP contribution >= 0.6 is 11.3 Å². The molecule has 2 aromatic rings. The van der Waals surface area contributed by atoms with Crippen LogP contribution < -0.4 is 0 Å². The van der Waals surface area contributed by atoms with Crippen LogP contribution in [0.15, 0.2) is 41.8 Å². The summed E-state index contributed by atoms with van der Waals surface area (Å²) in [6.45, 7) is 0. The smallest absolute Gasteiger partial charge is 0.126 e. The van der Waals surface area contributed by atoms with E-state index in [2.05, 4.69) is 0 Å². The van der Waals surface area contributed by atoms with Gasteiger partial charge >= 0.3 is 0 Å². The average Bonchev–Trinajstić information content (AvgIpc) is 2.74. The van der Waals surface area contributed by atoms with Crippen molar-refractivity contribution in [1.29, 1.82) is 0 Å². The molecule has 84 valence electrons. The minimum Gasteiger partial charge on any atom is -0.392 e. The predicted octanol–water partition coefficient (Wildman–Crippen LogP) is 3.03. The van der Waals surface area contributed by atoms with E-state index in [4.69, 9.17) is 0 Å². The zero-order chi connectivity index (χ0) is 11.4. The molecule has 2 rings (SSSR count). The Bertz CT molecular complexity index is 439. The summed E-state index contributed by atoms with van der Waals surface area (Å²) in [5, 5.41) is 11.8. The fourth-order valence-electron chi connectivity index (χ4n) is 1.65. The number of aliphatic hydroxyl groups excluding tert-OH is 1. The van der Waals surface area contributed by atoms with E-state index in [1.165, 1.54) is 6.07 Å². The van der Waals surface area contributed by atoms with Gasteiger partial charge in [-0.15, -0.1) is 11.3 Å². The summed E-state index contributed by atoms with van der Waals surface area (Å²) >= 11 is 1.61. The maximum atomic E-state index is 13.3. The van der Waals surface area contributed by atoms with Gasteiger partial charge in [-0.1, -0.05) is 24.3 Å². The summed E-state index contributed by atoms with van der Waals surface area (Å²) in [4.78, 5) is 1.13. The summed E-state index contributed by atoms with van der Waals surface area (Å²) in [6.07, 6.45) is 0.437. The first-order valence-electron chi connectivity index (χ1n) is 5.19. The van der Waals surface area contributed by atoms with Gasteiger partial charge in [0, 0.05) is 17.7 Å². The van der Waals surface area contributed by atoms with Crippen LogP contribution in [0.5, 0.6) is 0 Å². The molecule has 0 fully saturated rings. The Morgan fingerprint density at radius 3 is 2.62 bits per heavy atom. The van der Waals surface area contributed by atoms with Crippen molar-refractivity contribution in [3.05, 3.63) is 58.0 Å². The molecule has 0 amide bonds. The molecule has 3 heteroatoms. The van der Waals surface area contributed by atoms with E-state index in [1.807, 2.05) is 17.5 Å². The molecule has 0 aliphatic heterocycles. The molecule has 0 bridgehead atoms.